The van der Waals surface area contributed by atoms with Gasteiger partial charge in [0, 0.05) is 0 Å². The number of rotatable bonds is 10. The van der Waals surface area contributed by atoms with E-state index < -0.39 is 24.2 Å². The number of hydrogen-bond acceptors (Lipinski definition) is 4. The summed E-state index contributed by atoms with van der Waals surface area (Å²) in [5, 5.41) is 3.54. The molecule has 1 N–H and O–H groups in total. The van der Waals surface area contributed by atoms with Crippen molar-refractivity contribution in [1.82, 2.24) is 5.32 Å². The van der Waals surface area contributed by atoms with Crippen molar-refractivity contribution >= 4 is 27.0 Å². The molecule has 3 aromatic rings. The average Bonchev–Trinajstić information content (AvgIpc) is 2.85. The predicted octanol–water partition coefficient (Wildman–Crippen LogP) is 5.17. The van der Waals surface area contributed by atoms with Gasteiger partial charge in [0.25, 0.3) is 0 Å². The van der Waals surface area contributed by atoms with Crippen LogP contribution in [0.25, 0.3) is 0 Å². The van der Waals surface area contributed by atoms with Gasteiger partial charge in [-0.05, 0) is 0 Å². The maximum absolute atomic E-state index is 13.1. The van der Waals surface area contributed by atoms with Crippen molar-refractivity contribution in [3.63, 3.8) is 0 Å². The number of amides is 1. The van der Waals surface area contributed by atoms with Gasteiger partial charge in [-0.2, -0.15) is 0 Å². The van der Waals surface area contributed by atoms with Crippen LogP contribution in [0, 0.1) is 0 Å². The third kappa shape index (κ3) is 7.26. The molecule has 5 nitrogen and oxygen atoms in total. The Kier molecular flexibility index (Phi) is 9.36. The summed E-state index contributed by atoms with van der Waals surface area (Å²) in [5.74, 6) is 1.63. The van der Waals surface area contributed by atoms with Crippen molar-refractivity contribution in [2.45, 2.75) is 36.3 Å². The molecule has 166 valence electrons. The van der Waals surface area contributed by atoms with Gasteiger partial charge in [-0.1, -0.05) is 0 Å². The molecule has 1 unspecified atom stereocenters. The van der Waals surface area contributed by atoms with Crippen LogP contribution in [0.5, 0.6) is 0 Å². The predicted molar refractivity (Wildman–Crippen MR) is 125 cm³/mol. The number of esters is 1. The van der Waals surface area contributed by atoms with Crippen molar-refractivity contribution in [3.05, 3.63) is 108 Å². The molecule has 0 aliphatic carbocycles. The summed E-state index contributed by atoms with van der Waals surface area (Å²) >= 11 is 0.367. The molecule has 0 radical (unpaired) electrons. The maximum atomic E-state index is 13.1. The van der Waals surface area contributed by atoms with Crippen molar-refractivity contribution in [3.8, 4) is 0 Å². The van der Waals surface area contributed by atoms with E-state index in [2.05, 4.69) is 11.1 Å². The Balaban J connectivity index is 1.69. The van der Waals surface area contributed by atoms with E-state index in [0.717, 1.165) is 22.0 Å². The summed E-state index contributed by atoms with van der Waals surface area (Å²) in [6.07, 6.45) is -0.677. The number of nitrogens with one attached hydrogen (secondary N) is 1. The monoisotopic (exact) mass is 497 g/mol. The quantitative estimate of drug-likeness (QED) is 0.311. The third-order valence-electron chi connectivity index (χ3n) is 4.84. The van der Waals surface area contributed by atoms with Crippen molar-refractivity contribution < 1.29 is 19.1 Å². The van der Waals surface area contributed by atoms with Gasteiger partial charge < -0.3 is 0 Å². The van der Waals surface area contributed by atoms with Gasteiger partial charge in [-0.3, -0.25) is 0 Å². The fraction of sp³-hybridized carbons (Fsp3) is 0.231. The number of alkyl carbamates (subject to hydrolysis) is 1. The Labute approximate surface area is 195 Å². The Morgan fingerprint density at radius 1 is 0.844 bits per heavy atom. The summed E-state index contributed by atoms with van der Waals surface area (Å²) in [7, 11) is 0. The molecule has 0 aliphatic rings. The standard InChI is InChI=1S/C26H27NO4Se/c1-32-18-17-23(27-26(29)30-19-20-11-5-2-6-12-20)25(28)31-24(21-13-7-3-8-14-21)22-15-9-4-10-16-22/h2-16,23-24H,17-19H2,1H3,(H,27,29). The molecule has 0 bridgehead atoms. The molecule has 1 atom stereocenters. The van der Waals surface area contributed by atoms with E-state index in [1.807, 2.05) is 91.0 Å². The Morgan fingerprint density at radius 3 is 1.91 bits per heavy atom. The minimum absolute atomic E-state index is 0.142. The normalized spacial score (nSPS) is 11.6. The van der Waals surface area contributed by atoms with Crippen LogP contribution in [0.4, 0.5) is 4.79 Å². The van der Waals surface area contributed by atoms with Crippen molar-refractivity contribution in [2.24, 2.45) is 0 Å². The summed E-state index contributed by atoms with van der Waals surface area (Å²) in [5.41, 5.74) is 2.63. The first-order chi connectivity index (χ1) is 15.7. The van der Waals surface area contributed by atoms with E-state index in [0.29, 0.717) is 21.4 Å². The van der Waals surface area contributed by atoms with Crippen LogP contribution in [0.1, 0.15) is 29.2 Å². The van der Waals surface area contributed by atoms with E-state index in [1.54, 1.807) is 0 Å². The molecule has 1 amide bonds. The van der Waals surface area contributed by atoms with Gasteiger partial charge in [-0.25, -0.2) is 0 Å². The molecule has 0 saturated carbocycles. The van der Waals surface area contributed by atoms with Gasteiger partial charge in [0.1, 0.15) is 0 Å². The van der Waals surface area contributed by atoms with Crippen molar-refractivity contribution in [1.29, 1.82) is 0 Å². The molecule has 0 heterocycles. The summed E-state index contributed by atoms with van der Waals surface area (Å²) in [6.45, 7) is 0.142. The molecule has 0 saturated heterocycles. The average molecular weight is 496 g/mol. The van der Waals surface area contributed by atoms with E-state index in [9.17, 15) is 9.59 Å². The molecule has 3 aromatic carbocycles. The van der Waals surface area contributed by atoms with Gasteiger partial charge in [0.2, 0.25) is 0 Å². The number of carbonyl (C=O) groups is 2. The first-order valence-electron chi connectivity index (χ1n) is 10.4. The van der Waals surface area contributed by atoms with E-state index >= 15 is 0 Å². The summed E-state index contributed by atoms with van der Waals surface area (Å²) < 4.78 is 11.3. The summed E-state index contributed by atoms with van der Waals surface area (Å²) in [6, 6.07) is 27.9. The fourth-order valence-corrected chi connectivity index (χ4v) is 4.16. The first-order valence-corrected chi connectivity index (χ1v) is 13.4. The topological polar surface area (TPSA) is 64.6 Å². The second kappa shape index (κ2) is 12.7. The minimum atomic E-state index is -0.768. The molecule has 0 fully saturated rings. The van der Waals surface area contributed by atoms with Crippen LogP contribution >= 0.6 is 0 Å². The Bertz CT molecular complexity index is 927. The van der Waals surface area contributed by atoms with Crippen LogP contribution in [0.3, 0.4) is 0 Å². The second-order valence-corrected chi connectivity index (χ2v) is 9.25. The van der Waals surface area contributed by atoms with Crippen LogP contribution in [-0.2, 0) is 20.9 Å². The Hall–Kier alpha value is -3.08. The van der Waals surface area contributed by atoms with E-state index in [-0.39, 0.29) is 6.61 Å². The van der Waals surface area contributed by atoms with Gasteiger partial charge >= 0.3 is 195 Å². The molecular formula is C26H27NO4Se. The SMILES string of the molecule is C[Se]CCC(NC(=O)OCc1ccccc1)C(=O)OC(c1ccccc1)c1ccccc1. The van der Waals surface area contributed by atoms with Gasteiger partial charge in [0.05, 0.1) is 0 Å². The Morgan fingerprint density at radius 2 is 1.38 bits per heavy atom. The number of carbonyl (C=O) groups excluding carboxylic acids is 2. The molecule has 0 spiro atoms. The molecule has 6 heteroatoms. The van der Waals surface area contributed by atoms with Crippen LogP contribution < -0.4 is 5.32 Å². The van der Waals surface area contributed by atoms with Crippen LogP contribution in [-0.4, -0.2) is 33.1 Å². The molecular weight excluding hydrogens is 469 g/mol. The molecule has 32 heavy (non-hydrogen) atoms. The molecule has 0 aromatic heterocycles. The second-order valence-electron chi connectivity index (χ2n) is 7.18. The summed E-state index contributed by atoms with van der Waals surface area (Å²) in [4.78, 5) is 25.5. The number of hydrogen-bond donors (Lipinski definition) is 1. The van der Waals surface area contributed by atoms with Gasteiger partial charge in [-0.15, -0.1) is 0 Å². The van der Waals surface area contributed by atoms with Crippen LogP contribution in [0.2, 0.25) is 11.1 Å². The van der Waals surface area contributed by atoms with E-state index in [4.69, 9.17) is 9.47 Å². The zero-order valence-electron chi connectivity index (χ0n) is 18.0. The molecule has 3 rings (SSSR count). The van der Waals surface area contributed by atoms with Crippen molar-refractivity contribution in [2.75, 3.05) is 0 Å². The van der Waals surface area contributed by atoms with E-state index in [1.165, 1.54) is 0 Å². The molecule has 0 aliphatic heterocycles. The number of benzene rings is 3. The van der Waals surface area contributed by atoms with Crippen LogP contribution in [0.15, 0.2) is 91.0 Å². The number of ether oxygens (including phenoxy) is 2. The zero-order chi connectivity index (χ0) is 22.6. The first kappa shape index (κ1) is 23.6. The fourth-order valence-electron chi connectivity index (χ4n) is 3.17. The van der Waals surface area contributed by atoms with Gasteiger partial charge in [0.15, 0.2) is 0 Å². The third-order valence-corrected chi connectivity index (χ3v) is 6.19. The zero-order valence-corrected chi connectivity index (χ0v) is 19.7.